The molecule has 0 saturated carbocycles. The summed E-state index contributed by atoms with van der Waals surface area (Å²) in [4.78, 5) is 0. The fourth-order valence-corrected chi connectivity index (χ4v) is 2.38. The summed E-state index contributed by atoms with van der Waals surface area (Å²) >= 11 is 0. The fraction of sp³-hybridized carbons (Fsp3) is 0.818. The highest BCUT2D eigenvalue weighted by atomic mass is 28.1. The smallest absolute Gasteiger partial charge is 0.196 e. The van der Waals surface area contributed by atoms with Crippen LogP contribution in [-0.4, -0.2) is 35.5 Å². The van der Waals surface area contributed by atoms with E-state index in [1.807, 2.05) is 26.8 Å². The van der Waals surface area contributed by atoms with E-state index in [-0.39, 0.29) is 0 Å². The fourth-order valence-electron chi connectivity index (χ4n) is 1.45. The molecule has 0 aliphatic carbocycles. The van der Waals surface area contributed by atoms with E-state index < -0.39 is 5.41 Å². The van der Waals surface area contributed by atoms with Gasteiger partial charge in [0.1, 0.15) is 5.76 Å². The number of hydrogen-bond acceptors (Lipinski definition) is 3. The van der Waals surface area contributed by atoms with Gasteiger partial charge in [-0.1, -0.05) is 6.92 Å². The van der Waals surface area contributed by atoms with Crippen molar-refractivity contribution in [3.05, 3.63) is 11.8 Å². The largest absolute Gasteiger partial charge is 0.493 e. The molecule has 0 fully saturated rings. The van der Waals surface area contributed by atoms with Crippen molar-refractivity contribution in [1.29, 1.82) is 0 Å². The Labute approximate surface area is 96.2 Å². The highest BCUT2D eigenvalue weighted by molar-refractivity contribution is 6.15. The van der Waals surface area contributed by atoms with Crippen LogP contribution in [0.4, 0.5) is 0 Å². The summed E-state index contributed by atoms with van der Waals surface area (Å²) in [5.74, 6) is 0.836. The molecule has 90 valence electrons. The van der Waals surface area contributed by atoms with Crippen molar-refractivity contribution in [3.8, 4) is 0 Å². The van der Waals surface area contributed by atoms with Gasteiger partial charge in [0.2, 0.25) is 0 Å². The predicted molar refractivity (Wildman–Crippen MR) is 65.9 cm³/mol. The van der Waals surface area contributed by atoms with Gasteiger partial charge in [-0.3, -0.25) is 0 Å². The van der Waals surface area contributed by atoms with Crippen molar-refractivity contribution < 1.29 is 14.2 Å². The van der Waals surface area contributed by atoms with Gasteiger partial charge >= 0.3 is 0 Å². The molecule has 4 heteroatoms. The van der Waals surface area contributed by atoms with E-state index in [4.69, 9.17) is 14.2 Å². The molecule has 0 aromatic rings. The number of rotatable bonds is 8. The first kappa shape index (κ1) is 14.7. The zero-order valence-electron chi connectivity index (χ0n) is 10.6. The second-order valence-electron chi connectivity index (χ2n) is 3.22. The SMILES string of the molecule is CCC=C(OCC)C([SiH3])(OCC)OCC. The minimum atomic E-state index is -0.602. The van der Waals surface area contributed by atoms with E-state index in [9.17, 15) is 0 Å². The van der Waals surface area contributed by atoms with Gasteiger partial charge in [-0.05, 0) is 33.3 Å². The molecular formula is C11H24O3Si. The van der Waals surface area contributed by atoms with Crippen LogP contribution < -0.4 is 0 Å². The summed E-state index contributed by atoms with van der Waals surface area (Å²) in [7, 11) is 0.762. The Morgan fingerprint density at radius 2 is 1.60 bits per heavy atom. The Balaban J connectivity index is 4.73. The molecule has 0 aliphatic rings. The van der Waals surface area contributed by atoms with Crippen molar-refractivity contribution in [3.63, 3.8) is 0 Å². The van der Waals surface area contributed by atoms with Crippen molar-refractivity contribution >= 4 is 10.2 Å². The molecule has 0 aromatic heterocycles. The molecule has 0 unspecified atom stereocenters. The zero-order chi connectivity index (χ0) is 11.7. The normalized spacial score (nSPS) is 13.2. The molecular weight excluding hydrogens is 208 g/mol. The number of ether oxygens (including phenoxy) is 3. The van der Waals surface area contributed by atoms with Crippen LogP contribution in [0.5, 0.6) is 0 Å². The molecule has 15 heavy (non-hydrogen) atoms. The van der Waals surface area contributed by atoms with Gasteiger partial charge in [-0.15, -0.1) is 0 Å². The van der Waals surface area contributed by atoms with Crippen molar-refractivity contribution in [2.24, 2.45) is 0 Å². The van der Waals surface area contributed by atoms with Crippen LogP contribution in [0.25, 0.3) is 0 Å². The minimum absolute atomic E-state index is 0.602. The van der Waals surface area contributed by atoms with Gasteiger partial charge in [0.15, 0.2) is 5.41 Å². The summed E-state index contributed by atoms with van der Waals surface area (Å²) in [5.41, 5.74) is -0.602. The van der Waals surface area contributed by atoms with Crippen molar-refractivity contribution in [2.75, 3.05) is 19.8 Å². The maximum Gasteiger partial charge on any atom is 0.196 e. The average Bonchev–Trinajstić information content (AvgIpc) is 2.18. The molecule has 0 aliphatic heterocycles. The van der Waals surface area contributed by atoms with E-state index in [1.165, 1.54) is 0 Å². The summed E-state index contributed by atoms with van der Waals surface area (Å²) < 4.78 is 17.0. The van der Waals surface area contributed by atoms with E-state index in [1.54, 1.807) is 0 Å². The second kappa shape index (κ2) is 7.90. The third kappa shape index (κ3) is 4.82. The minimum Gasteiger partial charge on any atom is -0.493 e. The van der Waals surface area contributed by atoms with Crippen molar-refractivity contribution in [2.45, 2.75) is 39.5 Å². The summed E-state index contributed by atoms with van der Waals surface area (Å²) in [6.45, 7) is 9.93. The molecule has 0 bridgehead atoms. The quantitative estimate of drug-likeness (QED) is 0.360. The first-order chi connectivity index (χ1) is 7.14. The summed E-state index contributed by atoms with van der Waals surface area (Å²) in [5, 5.41) is 0. The highest BCUT2D eigenvalue weighted by Crippen LogP contribution is 2.21. The maximum absolute atomic E-state index is 5.68. The second-order valence-corrected chi connectivity index (χ2v) is 4.54. The predicted octanol–water partition coefficient (Wildman–Crippen LogP) is 1.41. The highest BCUT2D eigenvalue weighted by Gasteiger charge is 2.31. The van der Waals surface area contributed by atoms with Crippen LogP contribution >= 0.6 is 0 Å². The molecule has 0 N–H and O–H groups in total. The molecule has 0 saturated heterocycles. The van der Waals surface area contributed by atoms with Crippen LogP contribution in [0.3, 0.4) is 0 Å². The molecule has 0 heterocycles. The lowest BCUT2D eigenvalue weighted by Gasteiger charge is -2.31. The van der Waals surface area contributed by atoms with Crippen LogP contribution in [-0.2, 0) is 14.2 Å². The zero-order valence-corrected chi connectivity index (χ0v) is 12.6. The van der Waals surface area contributed by atoms with Crippen molar-refractivity contribution in [1.82, 2.24) is 0 Å². The van der Waals surface area contributed by atoms with E-state index in [2.05, 4.69) is 6.92 Å². The Bertz CT molecular complexity index is 186. The molecule has 0 spiro atoms. The molecule has 3 nitrogen and oxygen atoms in total. The topological polar surface area (TPSA) is 27.7 Å². The lowest BCUT2D eigenvalue weighted by Crippen LogP contribution is -2.40. The van der Waals surface area contributed by atoms with E-state index >= 15 is 0 Å². The van der Waals surface area contributed by atoms with Gasteiger partial charge in [0, 0.05) is 13.2 Å². The van der Waals surface area contributed by atoms with Crippen LogP contribution in [0.2, 0.25) is 0 Å². The average molecular weight is 232 g/mol. The lowest BCUT2D eigenvalue weighted by molar-refractivity contribution is -0.171. The number of hydrogen-bond donors (Lipinski definition) is 0. The van der Waals surface area contributed by atoms with Crippen LogP contribution in [0, 0.1) is 0 Å². The molecule has 0 radical (unpaired) electrons. The van der Waals surface area contributed by atoms with Gasteiger partial charge < -0.3 is 14.2 Å². The summed E-state index contributed by atoms with van der Waals surface area (Å²) in [6.07, 6.45) is 2.97. The Kier molecular flexibility index (Phi) is 7.73. The summed E-state index contributed by atoms with van der Waals surface area (Å²) in [6, 6.07) is 0. The monoisotopic (exact) mass is 232 g/mol. The third-order valence-electron chi connectivity index (χ3n) is 1.98. The standard InChI is InChI=1S/C11H24O3Si/c1-5-9-10(12-6-2)11(15,13-7-3)14-8-4/h9H,5-8H2,1-4,15H3. The Hall–Kier alpha value is -0.323. The van der Waals surface area contributed by atoms with Gasteiger partial charge in [-0.25, -0.2) is 0 Å². The molecule has 0 atom stereocenters. The van der Waals surface area contributed by atoms with Crippen LogP contribution in [0.1, 0.15) is 34.1 Å². The Morgan fingerprint density at radius 3 is 1.93 bits per heavy atom. The number of allylic oxidation sites excluding steroid dienone is 1. The van der Waals surface area contributed by atoms with Gasteiger partial charge in [-0.2, -0.15) is 0 Å². The molecule has 0 rings (SSSR count). The van der Waals surface area contributed by atoms with Gasteiger partial charge in [0.25, 0.3) is 0 Å². The molecule has 0 aromatic carbocycles. The van der Waals surface area contributed by atoms with E-state index in [0.29, 0.717) is 19.8 Å². The third-order valence-corrected chi connectivity index (χ3v) is 3.05. The Morgan fingerprint density at radius 1 is 1.07 bits per heavy atom. The first-order valence-corrected chi connectivity index (χ1v) is 6.75. The lowest BCUT2D eigenvalue weighted by atomic mass is 10.3. The first-order valence-electron chi connectivity index (χ1n) is 5.75. The van der Waals surface area contributed by atoms with E-state index in [0.717, 1.165) is 22.4 Å². The maximum atomic E-state index is 5.68. The van der Waals surface area contributed by atoms with Crippen LogP contribution in [0.15, 0.2) is 11.8 Å². The molecule has 0 amide bonds. The van der Waals surface area contributed by atoms with Gasteiger partial charge in [0.05, 0.1) is 16.8 Å².